The Bertz CT molecular complexity index is 558. The summed E-state index contributed by atoms with van der Waals surface area (Å²) < 4.78 is 0. The lowest BCUT2D eigenvalue weighted by Gasteiger charge is -2.09. The second-order valence-corrected chi connectivity index (χ2v) is 4.41. The Kier molecular flexibility index (Phi) is 5.97. The van der Waals surface area contributed by atoms with Gasteiger partial charge in [0.15, 0.2) is 0 Å². The first kappa shape index (κ1) is 15.1. The van der Waals surface area contributed by atoms with Crippen LogP contribution >= 0.6 is 15.9 Å². The number of carbonyl (C=O) groups excluding carboxylic acids is 1. The number of carbonyl (C=O) groups is 2. The maximum absolute atomic E-state index is 11.5. The van der Waals surface area contributed by atoms with Crippen molar-refractivity contribution in [2.75, 3.05) is 5.33 Å². The van der Waals surface area contributed by atoms with E-state index < -0.39 is 5.97 Å². The van der Waals surface area contributed by atoms with Crippen molar-refractivity contribution < 1.29 is 14.7 Å². The number of hydrogen-bond acceptors (Lipinski definition) is 3. The number of ketones is 1. The number of alkyl halides is 1. The molecule has 0 heterocycles. The smallest absolute Gasteiger partial charge is 0.328 e. The van der Waals surface area contributed by atoms with Crippen molar-refractivity contribution in [1.29, 1.82) is 5.26 Å². The van der Waals surface area contributed by atoms with Gasteiger partial charge in [0.05, 0.1) is 17.8 Å². The van der Waals surface area contributed by atoms with Crippen LogP contribution in [-0.2, 0) is 22.4 Å². The normalized spacial score (nSPS) is 10.3. The molecular weight excluding hydrogens is 310 g/mol. The molecule has 0 aliphatic carbocycles. The van der Waals surface area contributed by atoms with Gasteiger partial charge in [-0.3, -0.25) is 4.79 Å². The third kappa shape index (κ3) is 4.68. The van der Waals surface area contributed by atoms with E-state index in [9.17, 15) is 9.59 Å². The highest BCUT2D eigenvalue weighted by atomic mass is 79.9. The Morgan fingerprint density at radius 1 is 1.37 bits per heavy atom. The number of halogens is 1. The summed E-state index contributed by atoms with van der Waals surface area (Å²) in [5.41, 5.74) is 2.09. The van der Waals surface area contributed by atoms with Crippen molar-refractivity contribution >= 4 is 33.8 Å². The number of rotatable bonds is 6. The summed E-state index contributed by atoms with van der Waals surface area (Å²) in [5.74, 6) is -1.07. The minimum atomic E-state index is -1.07. The SMILES string of the molecule is N#CCc1cccc(CC(=O)CBr)c1/C=C/C(=O)O. The van der Waals surface area contributed by atoms with Crippen LogP contribution in [0.1, 0.15) is 16.7 Å². The molecule has 0 saturated carbocycles. The molecule has 0 atom stereocenters. The topological polar surface area (TPSA) is 78.2 Å². The summed E-state index contributed by atoms with van der Waals surface area (Å²) in [5, 5.41) is 17.7. The van der Waals surface area contributed by atoms with E-state index in [-0.39, 0.29) is 24.0 Å². The van der Waals surface area contributed by atoms with Gasteiger partial charge in [0.1, 0.15) is 5.78 Å². The summed E-state index contributed by atoms with van der Waals surface area (Å²) in [6.45, 7) is 0. The zero-order chi connectivity index (χ0) is 14.3. The number of hydrogen-bond donors (Lipinski definition) is 1. The average Bonchev–Trinajstić information content (AvgIpc) is 2.38. The number of aliphatic carboxylic acids is 1. The molecule has 0 fully saturated rings. The van der Waals surface area contributed by atoms with Crippen LogP contribution in [0.2, 0.25) is 0 Å². The molecule has 98 valence electrons. The molecule has 0 spiro atoms. The summed E-state index contributed by atoms with van der Waals surface area (Å²) >= 11 is 3.09. The van der Waals surface area contributed by atoms with Gasteiger partial charge in [-0.1, -0.05) is 34.1 Å². The average molecular weight is 322 g/mol. The Labute approximate surface area is 119 Å². The first-order valence-corrected chi connectivity index (χ1v) is 6.67. The van der Waals surface area contributed by atoms with Crippen LogP contribution in [0.3, 0.4) is 0 Å². The van der Waals surface area contributed by atoms with Gasteiger partial charge in [0.25, 0.3) is 0 Å². The maximum Gasteiger partial charge on any atom is 0.328 e. The molecule has 1 aromatic rings. The first-order valence-electron chi connectivity index (χ1n) is 5.55. The van der Waals surface area contributed by atoms with Gasteiger partial charge in [-0.25, -0.2) is 4.79 Å². The van der Waals surface area contributed by atoms with Crippen LogP contribution in [-0.4, -0.2) is 22.2 Å². The molecule has 0 radical (unpaired) electrons. The van der Waals surface area contributed by atoms with Gasteiger partial charge in [-0.2, -0.15) is 5.26 Å². The molecule has 1 aromatic carbocycles. The quantitative estimate of drug-likeness (QED) is 0.644. The van der Waals surface area contributed by atoms with E-state index in [1.165, 1.54) is 6.08 Å². The van der Waals surface area contributed by atoms with E-state index in [0.717, 1.165) is 17.2 Å². The molecule has 1 N–H and O–H groups in total. The second kappa shape index (κ2) is 7.49. The lowest BCUT2D eigenvalue weighted by molar-refractivity contribution is -0.131. The summed E-state index contributed by atoms with van der Waals surface area (Å²) in [6.07, 6.45) is 2.84. The van der Waals surface area contributed by atoms with Gasteiger partial charge in [-0.05, 0) is 22.8 Å². The lowest BCUT2D eigenvalue weighted by Crippen LogP contribution is -2.06. The number of carboxylic acids is 1. The number of Topliss-reactive ketones (excluding diaryl/α,β-unsaturated/α-hetero) is 1. The number of nitrogens with zero attached hydrogens (tertiary/aromatic N) is 1. The first-order chi connectivity index (χ1) is 9.08. The van der Waals surface area contributed by atoms with Crippen molar-refractivity contribution in [2.24, 2.45) is 0 Å². The van der Waals surface area contributed by atoms with Gasteiger partial charge >= 0.3 is 5.97 Å². The van der Waals surface area contributed by atoms with Crippen molar-refractivity contribution in [2.45, 2.75) is 12.8 Å². The fourth-order valence-electron chi connectivity index (χ4n) is 1.69. The highest BCUT2D eigenvalue weighted by Gasteiger charge is 2.09. The summed E-state index contributed by atoms with van der Waals surface area (Å²) in [4.78, 5) is 22.1. The van der Waals surface area contributed by atoms with Crippen LogP contribution in [0, 0.1) is 11.3 Å². The Morgan fingerprint density at radius 3 is 2.63 bits per heavy atom. The number of carboxylic acid groups (broad SMARTS) is 1. The third-order valence-electron chi connectivity index (χ3n) is 2.49. The molecule has 0 unspecified atom stereocenters. The minimum Gasteiger partial charge on any atom is -0.478 e. The molecule has 0 aliphatic heterocycles. The van der Waals surface area contributed by atoms with E-state index in [1.54, 1.807) is 18.2 Å². The molecular formula is C14H12BrNO3. The van der Waals surface area contributed by atoms with Crippen LogP contribution in [0.25, 0.3) is 6.08 Å². The Morgan fingerprint density at radius 2 is 2.05 bits per heavy atom. The third-order valence-corrected chi connectivity index (χ3v) is 3.11. The number of nitriles is 1. The molecule has 5 heteroatoms. The molecule has 0 bridgehead atoms. The molecule has 0 saturated heterocycles. The zero-order valence-corrected chi connectivity index (χ0v) is 11.7. The highest BCUT2D eigenvalue weighted by molar-refractivity contribution is 9.09. The molecule has 0 aromatic heterocycles. The largest absolute Gasteiger partial charge is 0.478 e. The molecule has 19 heavy (non-hydrogen) atoms. The van der Waals surface area contributed by atoms with Crippen LogP contribution < -0.4 is 0 Å². The monoisotopic (exact) mass is 321 g/mol. The molecule has 4 nitrogen and oxygen atoms in total. The summed E-state index contributed by atoms with van der Waals surface area (Å²) in [6, 6.07) is 7.32. The van der Waals surface area contributed by atoms with Crippen LogP contribution in [0.5, 0.6) is 0 Å². The van der Waals surface area contributed by atoms with Gasteiger partial charge in [0, 0.05) is 12.5 Å². The van der Waals surface area contributed by atoms with Crippen molar-refractivity contribution in [1.82, 2.24) is 0 Å². The second-order valence-electron chi connectivity index (χ2n) is 3.85. The predicted octanol–water partition coefficient (Wildman–Crippen LogP) is 2.36. The van der Waals surface area contributed by atoms with Crippen LogP contribution in [0.4, 0.5) is 0 Å². The predicted molar refractivity (Wildman–Crippen MR) is 74.9 cm³/mol. The number of benzene rings is 1. The molecule has 0 amide bonds. The van der Waals surface area contributed by atoms with Crippen molar-refractivity contribution in [3.63, 3.8) is 0 Å². The highest BCUT2D eigenvalue weighted by Crippen LogP contribution is 2.19. The fourth-order valence-corrected chi connectivity index (χ4v) is 1.89. The van der Waals surface area contributed by atoms with E-state index in [1.807, 2.05) is 6.07 Å². The van der Waals surface area contributed by atoms with E-state index in [4.69, 9.17) is 10.4 Å². The zero-order valence-electron chi connectivity index (χ0n) is 10.1. The standard InChI is InChI=1S/C14H12BrNO3/c15-9-12(17)8-11-3-1-2-10(6-7-16)13(11)4-5-14(18)19/h1-5H,6,8-9H2,(H,18,19)/b5-4+. The van der Waals surface area contributed by atoms with Gasteiger partial charge < -0.3 is 5.11 Å². The van der Waals surface area contributed by atoms with E-state index in [0.29, 0.717) is 5.56 Å². The maximum atomic E-state index is 11.5. The Balaban J connectivity index is 3.21. The lowest BCUT2D eigenvalue weighted by atomic mass is 9.95. The van der Waals surface area contributed by atoms with Crippen molar-refractivity contribution in [3.8, 4) is 6.07 Å². The summed E-state index contributed by atoms with van der Waals surface area (Å²) in [7, 11) is 0. The van der Waals surface area contributed by atoms with Gasteiger partial charge in [-0.15, -0.1) is 0 Å². The Hall–Kier alpha value is -1.93. The fraction of sp³-hybridized carbons (Fsp3) is 0.214. The van der Waals surface area contributed by atoms with E-state index >= 15 is 0 Å². The van der Waals surface area contributed by atoms with E-state index in [2.05, 4.69) is 15.9 Å². The minimum absolute atomic E-state index is 0.000849. The molecule has 0 aliphatic rings. The van der Waals surface area contributed by atoms with Crippen LogP contribution in [0.15, 0.2) is 24.3 Å². The van der Waals surface area contributed by atoms with Crippen molar-refractivity contribution in [3.05, 3.63) is 41.0 Å². The molecule has 1 rings (SSSR count). The van der Waals surface area contributed by atoms with Gasteiger partial charge in [0.2, 0.25) is 0 Å².